The van der Waals surface area contributed by atoms with Gasteiger partial charge in [-0.25, -0.2) is 4.79 Å². The Kier molecular flexibility index (Phi) is 3.54. The highest BCUT2D eigenvalue weighted by atomic mass is 16.5. The fraction of sp³-hybridized carbons (Fsp3) is 0.526. The molecular weight excluding hydrogens is 274 g/mol. The molecule has 1 aromatic heterocycles. The van der Waals surface area contributed by atoms with E-state index in [0.29, 0.717) is 16.9 Å². The molecule has 22 heavy (non-hydrogen) atoms. The number of rotatable bonds is 1. The molecular formula is C19H25NO2. The van der Waals surface area contributed by atoms with E-state index in [1.807, 2.05) is 18.2 Å². The summed E-state index contributed by atoms with van der Waals surface area (Å²) in [6.07, 6.45) is 3.46. The molecule has 0 aliphatic heterocycles. The highest BCUT2D eigenvalue weighted by molar-refractivity contribution is 5.96. The molecule has 1 aliphatic carbocycles. The molecule has 1 heterocycles. The van der Waals surface area contributed by atoms with Crippen LogP contribution in [0.4, 0.5) is 0 Å². The van der Waals surface area contributed by atoms with Gasteiger partial charge in [-0.05, 0) is 54.4 Å². The molecule has 1 aliphatic rings. The van der Waals surface area contributed by atoms with Crippen molar-refractivity contribution in [2.75, 3.05) is 7.11 Å². The Morgan fingerprint density at radius 3 is 2.68 bits per heavy atom. The van der Waals surface area contributed by atoms with E-state index in [0.717, 1.165) is 12.8 Å². The lowest BCUT2D eigenvalue weighted by atomic mass is 9.71. The van der Waals surface area contributed by atoms with Crippen LogP contribution in [0.5, 0.6) is 0 Å². The summed E-state index contributed by atoms with van der Waals surface area (Å²) in [5, 5.41) is 1.22. The molecule has 0 N–H and O–H groups in total. The standard InChI is InChI=1S/C19H25NO2/c1-19(2,3)13-7-9-17-15(11-13)14-10-12(18(21)22-5)6-8-16(14)20(17)4/h6,8,10,13H,7,9,11H2,1-5H3. The summed E-state index contributed by atoms with van der Waals surface area (Å²) in [5.74, 6) is 0.426. The number of aromatic nitrogens is 1. The van der Waals surface area contributed by atoms with Crippen molar-refractivity contribution in [2.24, 2.45) is 18.4 Å². The Bertz CT molecular complexity index is 734. The summed E-state index contributed by atoms with van der Waals surface area (Å²) < 4.78 is 7.16. The third-order valence-corrected chi connectivity index (χ3v) is 5.26. The molecule has 0 radical (unpaired) electrons. The first kappa shape index (κ1) is 15.1. The van der Waals surface area contributed by atoms with Gasteiger partial charge in [-0.3, -0.25) is 0 Å². The van der Waals surface area contributed by atoms with E-state index in [1.54, 1.807) is 0 Å². The summed E-state index contributed by atoms with van der Waals surface area (Å²) in [6.45, 7) is 6.98. The van der Waals surface area contributed by atoms with Gasteiger partial charge in [0, 0.05) is 23.6 Å². The largest absolute Gasteiger partial charge is 0.465 e. The van der Waals surface area contributed by atoms with E-state index in [2.05, 4.69) is 32.4 Å². The van der Waals surface area contributed by atoms with E-state index in [4.69, 9.17) is 4.74 Å². The van der Waals surface area contributed by atoms with Gasteiger partial charge in [0.1, 0.15) is 0 Å². The van der Waals surface area contributed by atoms with Crippen LogP contribution < -0.4 is 0 Å². The molecule has 3 rings (SSSR count). The fourth-order valence-electron chi connectivity index (χ4n) is 3.76. The lowest BCUT2D eigenvalue weighted by molar-refractivity contribution is 0.0601. The van der Waals surface area contributed by atoms with Crippen LogP contribution in [-0.4, -0.2) is 17.6 Å². The predicted molar refractivity (Wildman–Crippen MR) is 89.2 cm³/mol. The van der Waals surface area contributed by atoms with Gasteiger partial charge in [0.2, 0.25) is 0 Å². The van der Waals surface area contributed by atoms with Crippen molar-refractivity contribution in [3.8, 4) is 0 Å². The number of methoxy groups -OCH3 is 1. The van der Waals surface area contributed by atoms with E-state index in [9.17, 15) is 4.79 Å². The molecule has 3 heteroatoms. The minimum Gasteiger partial charge on any atom is -0.465 e. The van der Waals surface area contributed by atoms with Crippen molar-refractivity contribution in [1.29, 1.82) is 0 Å². The average molecular weight is 299 g/mol. The summed E-state index contributed by atoms with van der Waals surface area (Å²) in [5.41, 5.74) is 5.03. The van der Waals surface area contributed by atoms with E-state index in [-0.39, 0.29) is 5.97 Å². The molecule has 118 valence electrons. The second kappa shape index (κ2) is 5.15. The Morgan fingerprint density at radius 2 is 2.05 bits per heavy atom. The van der Waals surface area contributed by atoms with Crippen molar-refractivity contribution in [3.05, 3.63) is 35.0 Å². The zero-order chi connectivity index (χ0) is 16.1. The molecule has 3 nitrogen and oxygen atoms in total. The number of ether oxygens (including phenoxy) is 1. The van der Waals surface area contributed by atoms with Crippen LogP contribution >= 0.6 is 0 Å². The Labute approximate surface area is 132 Å². The fourth-order valence-corrected chi connectivity index (χ4v) is 3.76. The number of carbonyl (C=O) groups is 1. The van der Waals surface area contributed by atoms with Gasteiger partial charge >= 0.3 is 5.97 Å². The summed E-state index contributed by atoms with van der Waals surface area (Å²) in [6, 6.07) is 5.91. The van der Waals surface area contributed by atoms with E-state index >= 15 is 0 Å². The number of benzene rings is 1. The Balaban J connectivity index is 2.13. The van der Waals surface area contributed by atoms with Crippen molar-refractivity contribution in [3.63, 3.8) is 0 Å². The lowest BCUT2D eigenvalue weighted by Gasteiger charge is -2.34. The average Bonchev–Trinajstić information content (AvgIpc) is 2.78. The third kappa shape index (κ3) is 2.33. The van der Waals surface area contributed by atoms with Crippen LogP contribution in [0.1, 0.15) is 48.8 Å². The molecule has 1 aromatic carbocycles. The summed E-state index contributed by atoms with van der Waals surface area (Å²) >= 11 is 0. The zero-order valence-corrected chi connectivity index (χ0v) is 14.2. The summed E-state index contributed by atoms with van der Waals surface area (Å²) in [4.78, 5) is 11.8. The van der Waals surface area contributed by atoms with Crippen LogP contribution in [-0.2, 0) is 24.6 Å². The van der Waals surface area contributed by atoms with Crippen molar-refractivity contribution >= 4 is 16.9 Å². The highest BCUT2D eigenvalue weighted by Crippen LogP contribution is 2.40. The van der Waals surface area contributed by atoms with Gasteiger partial charge in [0.15, 0.2) is 0 Å². The number of carbonyl (C=O) groups excluding carboxylic acids is 1. The lowest BCUT2D eigenvalue weighted by Crippen LogP contribution is -2.27. The number of esters is 1. The number of hydrogen-bond donors (Lipinski definition) is 0. The molecule has 0 fully saturated rings. The molecule has 0 bridgehead atoms. The van der Waals surface area contributed by atoms with Crippen LogP contribution in [0, 0.1) is 11.3 Å². The number of nitrogens with zero attached hydrogens (tertiary/aromatic N) is 1. The molecule has 1 atom stereocenters. The normalized spacial score (nSPS) is 18.3. The van der Waals surface area contributed by atoms with E-state index in [1.165, 1.54) is 35.7 Å². The Hall–Kier alpha value is -1.77. The van der Waals surface area contributed by atoms with Crippen molar-refractivity contribution in [2.45, 2.75) is 40.0 Å². The molecule has 0 saturated carbocycles. The maximum atomic E-state index is 11.8. The first-order valence-corrected chi connectivity index (χ1v) is 8.01. The van der Waals surface area contributed by atoms with Gasteiger partial charge in [-0.15, -0.1) is 0 Å². The molecule has 0 spiro atoms. The van der Waals surface area contributed by atoms with Crippen molar-refractivity contribution < 1.29 is 9.53 Å². The van der Waals surface area contributed by atoms with Crippen LogP contribution in [0.25, 0.3) is 10.9 Å². The van der Waals surface area contributed by atoms with Gasteiger partial charge in [-0.2, -0.15) is 0 Å². The van der Waals surface area contributed by atoms with Gasteiger partial charge in [0.25, 0.3) is 0 Å². The minimum atomic E-state index is -0.261. The minimum absolute atomic E-state index is 0.261. The number of hydrogen-bond acceptors (Lipinski definition) is 2. The first-order valence-electron chi connectivity index (χ1n) is 8.01. The maximum absolute atomic E-state index is 11.8. The predicted octanol–water partition coefficient (Wildman–Crippen LogP) is 4.12. The van der Waals surface area contributed by atoms with Crippen LogP contribution in [0.3, 0.4) is 0 Å². The topological polar surface area (TPSA) is 31.2 Å². The van der Waals surface area contributed by atoms with Crippen LogP contribution in [0.15, 0.2) is 18.2 Å². The van der Waals surface area contributed by atoms with Crippen LogP contribution in [0.2, 0.25) is 0 Å². The second-order valence-electron chi connectivity index (χ2n) is 7.51. The Morgan fingerprint density at radius 1 is 1.32 bits per heavy atom. The zero-order valence-electron chi connectivity index (χ0n) is 14.2. The van der Waals surface area contributed by atoms with Gasteiger partial charge < -0.3 is 9.30 Å². The smallest absolute Gasteiger partial charge is 0.337 e. The quantitative estimate of drug-likeness (QED) is 0.742. The molecule has 1 unspecified atom stereocenters. The third-order valence-electron chi connectivity index (χ3n) is 5.26. The van der Waals surface area contributed by atoms with Gasteiger partial charge in [0.05, 0.1) is 12.7 Å². The van der Waals surface area contributed by atoms with Gasteiger partial charge in [-0.1, -0.05) is 20.8 Å². The number of fused-ring (bicyclic) bond motifs is 3. The number of aryl methyl sites for hydroxylation is 1. The molecule has 0 saturated heterocycles. The molecule has 0 amide bonds. The van der Waals surface area contributed by atoms with Crippen molar-refractivity contribution in [1.82, 2.24) is 4.57 Å². The monoisotopic (exact) mass is 299 g/mol. The summed E-state index contributed by atoms with van der Waals surface area (Å²) in [7, 11) is 3.57. The SMILES string of the molecule is COC(=O)c1ccc2c(c1)c1c(n2C)CCC(C(C)(C)C)C1. The maximum Gasteiger partial charge on any atom is 0.337 e. The van der Waals surface area contributed by atoms with E-state index < -0.39 is 0 Å². The highest BCUT2D eigenvalue weighted by Gasteiger charge is 2.31. The molecule has 2 aromatic rings. The second-order valence-corrected chi connectivity index (χ2v) is 7.51. The first-order chi connectivity index (χ1) is 10.3.